The lowest BCUT2D eigenvalue weighted by Crippen LogP contribution is -2.03. The zero-order valence-corrected chi connectivity index (χ0v) is 25.7. The van der Waals surface area contributed by atoms with E-state index < -0.39 is 0 Å². The highest BCUT2D eigenvalue weighted by Crippen LogP contribution is 2.42. The number of hydrogen-bond donors (Lipinski definition) is 0. The second-order valence-corrected chi connectivity index (χ2v) is 12.6. The van der Waals surface area contributed by atoms with E-state index in [1.165, 1.54) is 37.7 Å². The minimum atomic E-state index is 0.618. The molecule has 0 spiro atoms. The molecule has 48 heavy (non-hydrogen) atoms. The number of rotatable bonds is 2. The number of benzene rings is 8. The maximum absolute atomic E-state index is 6.69. The average molecular weight is 612 g/mol. The third-order valence-electron chi connectivity index (χ3n) is 9.94. The lowest BCUT2D eigenvalue weighted by atomic mass is 10.00. The fourth-order valence-electron chi connectivity index (χ4n) is 7.71. The van der Waals surface area contributed by atoms with Crippen LogP contribution in [0.2, 0.25) is 0 Å². The Morgan fingerprint density at radius 3 is 1.65 bits per heavy atom. The van der Waals surface area contributed by atoms with E-state index in [2.05, 4.69) is 156 Å². The first-order valence-corrected chi connectivity index (χ1v) is 16.2. The molecule has 3 aromatic heterocycles. The molecule has 11 aromatic rings. The maximum atomic E-state index is 6.69. The predicted octanol–water partition coefficient (Wildman–Crippen LogP) is 11.8. The minimum absolute atomic E-state index is 0.618. The fraction of sp³-hybridized carbons (Fsp3) is 0. The van der Waals surface area contributed by atoms with Crippen LogP contribution >= 0.6 is 0 Å². The van der Waals surface area contributed by atoms with E-state index in [9.17, 15) is 0 Å². The van der Waals surface area contributed by atoms with Gasteiger partial charge in [-0.3, -0.25) is 4.57 Å². The fourth-order valence-corrected chi connectivity index (χ4v) is 7.71. The molecule has 0 aliphatic heterocycles. The number of fused-ring (bicyclic) bond motifs is 12. The zero-order valence-electron chi connectivity index (χ0n) is 25.7. The van der Waals surface area contributed by atoms with E-state index in [4.69, 9.17) is 14.4 Å². The van der Waals surface area contributed by atoms with Crippen molar-refractivity contribution in [3.05, 3.63) is 152 Å². The van der Waals surface area contributed by atoms with Crippen molar-refractivity contribution in [1.29, 1.82) is 0 Å². The molecule has 0 unspecified atom stereocenters. The normalized spacial score (nSPS) is 12.2. The third kappa shape index (κ3) is 3.54. The lowest BCUT2D eigenvalue weighted by Gasteiger charge is -2.10. The summed E-state index contributed by atoms with van der Waals surface area (Å²) >= 11 is 0. The Labute approximate surface area is 274 Å². The molecule has 8 aromatic carbocycles. The van der Waals surface area contributed by atoms with E-state index in [-0.39, 0.29) is 0 Å². The largest absolute Gasteiger partial charge is 0.452 e. The van der Waals surface area contributed by atoms with Crippen LogP contribution in [0.4, 0.5) is 0 Å². The van der Waals surface area contributed by atoms with Crippen LogP contribution < -0.4 is 0 Å². The summed E-state index contributed by atoms with van der Waals surface area (Å²) in [6, 6.07) is 53.8. The Morgan fingerprint density at radius 2 is 0.979 bits per heavy atom. The predicted molar refractivity (Wildman–Crippen MR) is 199 cm³/mol. The van der Waals surface area contributed by atoms with Crippen LogP contribution in [0, 0.1) is 0 Å². The molecule has 222 valence electrons. The Balaban J connectivity index is 1.32. The molecule has 4 heteroatoms. The molecule has 0 fully saturated rings. The summed E-state index contributed by atoms with van der Waals surface area (Å²) in [4.78, 5) is 10.8. The van der Waals surface area contributed by atoms with Gasteiger partial charge in [0.1, 0.15) is 16.8 Å². The maximum Gasteiger partial charge on any atom is 0.236 e. The Kier molecular flexibility index (Phi) is 5.08. The zero-order chi connectivity index (χ0) is 31.3. The van der Waals surface area contributed by atoms with Gasteiger partial charge in [0.2, 0.25) is 5.95 Å². The van der Waals surface area contributed by atoms with Gasteiger partial charge in [-0.15, -0.1) is 0 Å². The summed E-state index contributed by atoms with van der Waals surface area (Å²) in [6.45, 7) is 0. The molecule has 0 amide bonds. The second kappa shape index (κ2) is 9.50. The van der Waals surface area contributed by atoms with Gasteiger partial charge in [0.25, 0.3) is 0 Å². The van der Waals surface area contributed by atoms with Crippen molar-refractivity contribution in [2.75, 3.05) is 0 Å². The topological polar surface area (TPSA) is 43.9 Å². The van der Waals surface area contributed by atoms with Crippen molar-refractivity contribution in [1.82, 2.24) is 14.5 Å². The molecule has 0 radical (unpaired) electrons. The first-order chi connectivity index (χ1) is 23.8. The number of furan rings is 1. The van der Waals surface area contributed by atoms with E-state index in [1.807, 2.05) is 0 Å². The quantitative estimate of drug-likeness (QED) is 0.195. The van der Waals surface area contributed by atoms with Crippen molar-refractivity contribution in [3.63, 3.8) is 0 Å². The summed E-state index contributed by atoms with van der Waals surface area (Å²) in [7, 11) is 0. The van der Waals surface area contributed by atoms with Crippen LogP contribution in [0.5, 0.6) is 0 Å². The van der Waals surface area contributed by atoms with Gasteiger partial charge in [0.05, 0.1) is 11.0 Å². The molecule has 3 heterocycles. The van der Waals surface area contributed by atoms with E-state index >= 15 is 0 Å². The van der Waals surface area contributed by atoms with E-state index in [1.54, 1.807) is 0 Å². The van der Waals surface area contributed by atoms with Crippen LogP contribution in [-0.4, -0.2) is 14.5 Å². The highest BCUT2D eigenvalue weighted by molar-refractivity contribution is 6.28. The van der Waals surface area contributed by atoms with Gasteiger partial charge in [-0.1, -0.05) is 121 Å². The summed E-state index contributed by atoms with van der Waals surface area (Å²) in [5.74, 6) is 0.618. The van der Waals surface area contributed by atoms with Crippen LogP contribution in [0.15, 0.2) is 156 Å². The van der Waals surface area contributed by atoms with Crippen molar-refractivity contribution in [2.24, 2.45) is 0 Å². The molecule has 0 saturated carbocycles. The molecular weight excluding hydrogens is 587 g/mol. The number of hydrogen-bond acceptors (Lipinski definition) is 3. The van der Waals surface area contributed by atoms with Gasteiger partial charge in [0.15, 0.2) is 5.58 Å². The van der Waals surface area contributed by atoms with Gasteiger partial charge >= 0.3 is 0 Å². The molecule has 0 atom stereocenters. The van der Waals surface area contributed by atoms with Crippen molar-refractivity contribution >= 4 is 87.0 Å². The first kappa shape index (κ1) is 25.6. The third-order valence-corrected chi connectivity index (χ3v) is 9.94. The monoisotopic (exact) mass is 611 g/mol. The summed E-state index contributed by atoms with van der Waals surface area (Å²) < 4.78 is 8.93. The SMILES string of the molecule is c1ccc2cc(-c3nc(-n4c5ccc6ccccc6c5c5c6ccccc6ccc54)nc4c3oc3cc5ccccc5cc34)ccc2c1. The molecular formula is C44H25N3O. The van der Waals surface area contributed by atoms with Gasteiger partial charge < -0.3 is 4.42 Å². The smallest absolute Gasteiger partial charge is 0.236 e. The molecule has 0 aliphatic carbocycles. The molecule has 0 N–H and O–H groups in total. The van der Waals surface area contributed by atoms with Crippen molar-refractivity contribution in [3.8, 4) is 17.2 Å². The second-order valence-electron chi connectivity index (χ2n) is 12.6. The summed E-state index contributed by atoms with van der Waals surface area (Å²) in [6.07, 6.45) is 0. The van der Waals surface area contributed by atoms with Gasteiger partial charge in [-0.25, -0.2) is 9.97 Å². The number of nitrogens with zero attached hydrogens (tertiary/aromatic N) is 3. The summed E-state index contributed by atoms with van der Waals surface area (Å²) in [5.41, 5.74) is 6.21. The Hall–Kier alpha value is -6.52. The average Bonchev–Trinajstić information content (AvgIpc) is 3.69. The first-order valence-electron chi connectivity index (χ1n) is 16.2. The van der Waals surface area contributed by atoms with Crippen LogP contribution in [0.25, 0.3) is 104 Å². The minimum Gasteiger partial charge on any atom is -0.452 e. The van der Waals surface area contributed by atoms with Crippen molar-refractivity contribution in [2.45, 2.75) is 0 Å². The van der Waals surface area contributed by atoms with E-state index in [0.717, 1.165) is 54.9 Å². The highest BCUT2D eigenvalue weighted by Gasteiger charge is 2.23. The molecule has 4 nitrogen and oxygen atoms in total. The molecule has 0 saturated heterocycles. The Morgan fingerprint density at radius 1 is 0.438 bits per heavy atom. The Bertz CT molecular complexity index is 3040. The standard InChI is InChI=1S/C44H25N3O/c1-2-12-29-23-32(18-17-26(29)9-1)41-43-42(35-24-30-13-3-4-14-31(30)25-38(35)48-43)46-44(45-41)47-36-21-19-27-10-5-7-15-33(27)39(36)40-34-16-8-6-11-28(34)20-22-37(40)47/h1-25H. The van der Waals surface area contributed by atoms with Crippen molar-refractivity contribution < 1.29 is 4.42 Å². The molecule has 0 aliphatic rings. The van der Waals surface area contributed by atoms with Gasteiger partial charge in [0, 0.05) is 21.7 Å². The molecule has 11 rings (SSSR count). The van der Waals surface area contributed by atoms with E-state index in [0.29, 0.717) is 11.5 Å². The lowest BCUT2D eigenvalue weighted by molar-refractivity contribution is 0.667. The van der Waals surface area contributed by atoms with Crippen LogP contribution in [0.1, 0.15) is 0 Å². The van der Waals surface area contributed by atoms with Crippen LogP contribution in [0.3, 0.4) is 0 Å². The van der Waals surface area contributed by atoms with Gasteiger partial charge in [-0.2, -0.15) is 0 Å². The van der Waals surface area contributed by atoms with Crippen LogP contribution in [-0.2, 0) is 0 Å². The molecule has 0 bridgehead atoms. The van der Waals surface area contributed by atoms with Gasteiger partial charge in [-0.05, 0) is 73.4 Å². The number of aromatic nitrogens is 3. The highest BCUT2D eigenvalue weighted by atomic mass is 16.3. The summed E-state index contributed by atoms with van der Waals surface area (Å²) in [5, 5.41) is 12.8.